The fraction of sp³-hybridized carbons (Fsp3) is 0.647. The molecular weight excluding hydrogens is 232 g/mol. The van der Waals surface area contributed by atoms with Crippen molar-refractivity contribution in [1.29, 1.82) is 0 Å². The normalized spacial score (nSPS) is 23.7. The number of likely N-dealkylation sites (N-methyl/N-ethyl adjacent to an activating group) is 1. The van der Waals surface area contributed by atoms with E-state index in [1.165, 1.54) is 31.2 Å². The average molecular weight is 260 g/mol. The fourth-order valence-electron chi connectivity index (χ4n) is 3.07. The van der Waals surface area contributed by atoms with E-state index in [1.807, 2.05) is 0 Å². The number of hydrogen-bond acceptors (Lipinski definition) is 2. The summed E-state index contributed by atoms with van der Waals surface area (Å²) in [5.41, 5.74) is 1.52. The van der Waals surface area contributed by atoms with Crippen LogP contribution in [0.2, 0.25) is 0 Å². The first-order valence-electron chi connectivity index (χ1n) is 7.78. The predicted octanol–water partition coefficient (Wildman–Crippen LogP) is 3.25. The topological polar surface area (TPSA) is 15.3 Å². The fourth-order valence-corrected chi connectivity index (χ4v) is 3.07. The quantitative estimate of drug-likeness (QED) is 0.844. The Bertz CT molecular complexity index is 350. The average Bonchev–Trinajstić information content (AvgIpc) is 2.48. The largest absolute Gasteiger partial charge is 0.312 e. The number of nitrogens with zero attached hydrogens (tertiary/aromatic N) is 1. The van der Waals surface area contributed by atoms with Gasteiger partial charge in [-0.1, -0.05) is 50.1 Å². The van der Waals surface area contributed by atoms with Crippen molar-refractivity contribution in [2.45, 2.75) is 44.6 Å². The first-order valence-corrected chi connectivity index (χ1v) is 7.78. The highest BCUT2D eigenvalue weighted by molar-refractivity contribution is 5.21. The maximum Gasteiger partial charge on any atom is 0.0136 e. The number of nitrogens with one attached hydrogen (secondary N) is 1. The maximum atomic E-state index is 3.79. The molecule has 2 unspecified atom stereocenters. The van der Waals surface area contributed by atoms with E-state index in [-0.39, 0.29) is 0 Å². The molecule has 2 heteroatoms. The van der Waals surface area contributed by atoms with Crippen molar-refractivity contribution in [3.8, 4) is 0 Å². The zero-order valence-electron chi connectivity index (χ0n) is 12.4. The molecule has 1 saturated carbocycles. The summed E-state index contributed by atoms with van der Waals surface area (Å²) >= 11 is 0. The summed E-state index contributed by atoms with van der Waals surface area (Å²) in [7, 11) is 2.19. The number of benzene rings is 1. The van der Waals surface area contributed by atoms with Gasteiger partial charge < -0.3 is 10.2 Å². The molecule has 0 aliphatic heterocycles. The lowest BCUT2D eigenvalue weighted by Crippen LogP contribution is -2.40. The number of hydrogen-bond donors (Lipinski definition) is 1. The molecule has 0 radical (unpaired) electrons. The van der Waals surface area contributed by atoms with Gasteiger partial charge in [-0.05, 0) is 37.9 Å². The molecule has 2 rings (SSSR count). The van der Waals surface area contributed by atoms with Gasteiger partial charge in [-0.15, -0.1) is 0 Å². The van der Waals surface area contributed by atoms with Gasteiger partial charge in [0.15, 0.2) is 0 Å². The minimum Gasteiger partial charge on any atom is -0.312 e. The highest BCUT2D eigenvalue weighted by Gasteiger charge is 2.25. The van der Waals surface area contributed by atoms with Gasteiger partial charge in [0.1, 0.15) is 0 Å². The van der Waals surface area contributed by atoms with Crippen LogP contribution in [-0.4, -0.2) is 37.6 Å². The van der Waals surface area contributed by atoms with E-state index < -0.39 is 0 Å². The van der Waals surface area contributed by atoms with Crippen LogP contribution in [0.4, 0.5) is 0 Å². The van der Waals surface area contributed by atoms with Crippen LogP contribution in [-0.2, 0) is 0 Å². The molecule has 1 aliphatic carbocycles. The second-order valence-corrected chi connectivity index (χ2v) is 5.76. The minimum absolute atomic E-state index is 0.668. The van der Waals surface area contributed by atoms with Crippen LogP contribution >= 0.6 is 0 Å². The van der Waals surface area contributed by atoms with Gasteiger partial charge in [0.25, 0.3) is 0 Å². The smallest absolute Gasteiger partial charge is 0.0136 e. The molecule has 0 bridgehead atoms. The second kappa shape index (κ2) is 7.66. The molecule has 19 heavy (non-hydrogen) atoms. The van der Waals surface area contributed by atoms with Gasteiger partial charge in [0.05, 0.1) is 0 Å². The van der Waals surface area contributed by atoms with Crippen molar-refractivity contribution in [1.82, 2.24) is 10.2 Å². The first-order chi connectivity index (χ1) is 9.31. The summed E-state index contributed by atoms with van der Waals surface area (Å²) in [4.78, 5) is 2.37. The van der Waals surface area contributed by atoms with Crippen molar-refractivity contribution >= 4 is 0 Å². The van der Waals surface area contributed by atoms with E-state index in [0.717, 1.165) is 19.6 Å². The molecule has 0 aromatic heterocycles. The molecule has 0 heterocycles. The maximum absolute atomic E-state index is 3.79. The molecule has 1 aliphatic rings. The Balaban J connectivity index is 1.89. The third kappa shape index (κ3) is 4.32. The Hall–Kier alpha value is -0.860. The van der Waals surface area contributed by atoms with Crippen molar-refractivity contribution in [2.75, 3.05) is 26.7 Å². The Morgan fingerprint density at radius 1 is 1.16 bits per heavy atom. The zero-order valence-corrected chi connectivity index (χ0v) is 12.4. The van der Waals surface area contributed by atoms with E-state index in [0.29, 0.717) is 12.0 Å². The SMILES string of the molecule is CCN(C)CCNC1CCCCC1c1ccccc1. The Labute approximate surface area is 118 Å². The van der Waals surface area contributed by atoms with Crippen LogP contribution < -0.4 is 5.32 Å². The molecular formula is C17H28N2. The highest BCUT2D eigenvalue weighted by Crippen LogP contribution is 2.32. The van der Waals surface area contributed by atoms with Crippen LogP contribution in [0.3, 0.4) is 0 Å². The van der Waals surface area contributed by atoms with Crippen molar-refractivity contribution in [3.05, 3.63) is 35.9 Å². The van der Waals surface area contributed by atoms with Gasteiger partial charge in [-0.2, -0.15) is 0 Å². The van der Waals surface area contributed by atoms with Crippen LogP contribution in [0.1, 0.15) is 44.1 Å². The molecule has 1 N–H and O–H groups in total. The van der Waals surface area contributed by atoms with Crippen molar-refractivity contribution < 1.29 is 0 Å². The minimum atomic E-state index is 0.668. The molecule has 2 atom stereocenters. The van der Waals surface area contributed by atoms with Gasteiger partial charge in [-0.25, -0.2) is 0 Å². The van der Waals surface area contributed by atoms with E-state index in [4.69, 9.17) is 0 Å². The Morgan fingerprint density at radius 3 is 2.63 bits per heavy atom. The number of rotatable bonds is 6. The highest BCUT2D eigenvalue weighted by atomic mass is 15.1. The van der Waals surface area contributed by atoms with Crippen LogP contribution in [0.5, 0.6) is 0 Å². The van der Waals surface area contributed by atoms with Gasteiger partial charge in [-0.3, -0.25) is 0 Å². The molecule has 1 aromatic rings. The summed E-state index contributed by atoms with van der Waals surface area (Å²) in [6, 6.07) is 11.7. The Morgan fingerprint density at radius 2 is 1.89 bits per heavy atom. The summed E-state index contributed by atoms with van der Waals surface area (Å²) in [6.07, 6.45) is 5.43. The molecule has 1 fully saturated rings. The summed E-state index contributed by atoms with van der Waals surface area (Å²) < 4.78 is 0. The van der Waals surface area contributed by atoms with E-state index >= 15 is 0 Å². The van der Waals surface area contributed by atoms with Gasteiger partial charge >= 0.3 is 0 Å². The van der Waals surface area contributed by atoms with E-state index in [1.54, 1.807) is 0 Å². The van der Waals surface area contributed by atoms with Gasteiger partial charge in [0.2, 0.25) is 0 Å². The first kappa shape index (κ1) is 14.5. The predicted molar refractivity (Wildman–Crippen MR) is 82.6 cm³/mol. The molecule has 2 nitrogen and oxygen atoms in total. The summed E-state index contributed by atoms with van der Waals surface area (Å²) in [5, 5.41) is 3.79. The molecule has 0 spiro atoms. The van der Waals surface area contributed by atoms with Crippen LogP contribution in [0, 0.1) is 0 Å². The van der Waals surface area contributed by atoms with Crippen LogP contribution in [0.15, 0.2) is 30.3 Å². The standard InChI is InChI=1S/C17H28N2/c1-3-19(2)14-13-18-17-12-8-7-11-16(17)15-9-5-4-6-10-15/h4-6,9-10,16-18H,3,7-8,11-14H2,1-2H3. The second-order valence-electron chi connectivity index (χ2n) is 5.76. The molecule has 0 amide bonds. The molecule has 106 valence electrons. The lowest BCUT2D eigenvalue weighted by Gasteiger charge is -2.33. The lowest BCUT2D eigenvalue weighted by atomic mass is 9.80. The zero-order chi connectivity index (χ0) is 13.5. The monoisotopic (exact) mass is 260 g/mol. The Kier molecular flexibility index (Phi) is 5.87. The van der Waals surface area contributed by atoms with Crippen molar-refractivity contribution in [2.24, 2.45) is 0 Å². The molecule has 0 saturated heterocycles. The van der Waals surface area contributed by atoms with Crippen LogP contribution in [0.25, 0.3) is 0 Å². The van der Waals surface area contributed by atoms with E-state index in [2.05, 4.69) is 54.5 Å². The summed E-state index contributed by atoms with van der Waals surface area (Å²) in [6.45, 7) is 5.61. The van der Waals surface area contributed by atoms with Crippen molar-refractivity contribution in [3.63, 3.8) is 0 Å². The third-order valence-corrected chi connectivity index (χ3v) is 4.43. The van der Waals surface area contributed by atoms with E-state index in [9.17, 15) is 0 Å². The van der Waals surface area contributed by atoms with Gasteiger partial charge in [0, 0.05) is 19.1 Å². The third-order valence-electron chi connectivity index (χ3n) is 4.43. The summed E-state index contributed by atoms with van der Waals surface area (Å²) in [5.74, 6) is 0.710. The molecule has 1 aromatic carbocycles. The lowest BCUT2D eigenvalue weighted by molar-refractivity contribution is 0.295.